The fraction of sp³-hybridized carbons (Fsp3) is 0.435. The molecule has 3 aromatic rings. The zero-order valence-electron chi connectivity index (χ0n) is 19.1. The van der Waals surface area contributed by atoms with E-state index in [4.69, 9.17) is 26.1 Å². The number of hydrogen-bond acceptors (Lipinski definition) is 8. The fourth-order valence-corrected chi connectivity index (χ4v) is 4.58. The summed E-state index contributed by atoms with van der Waals surface area (Å²) in [6.07, 6.45) is 2.96. The summed E-state index contributed by atoms with van der Waals surface area (Å²) in [4.78, 5) is 16.4. The number of fused-ring (bicyclic) bond motifs is 1. The Balaban J connectivity index is 1.84. The second-order valence-corrected chi connectivity index (χ2v) is 8.51. The number of likely N-dealkylation sites (tertiary alicyclic amines) is 1. The molecule has 0 bridgehead atoms. The summed E-state index contributed by atoms with van der Waals surface area (Å²) >= 11 is 6.74. The van der Waals surface area contributed by atoms with Crippen LogP contribution in [0.15, 0.2) is 18.3 Å². The molecule has 4 rings (SSSR count). The number of halogens is 1. The minimum Gasteiger partial charge on any atom is -0.496 e. The average molecular weight is 457 g/mol. The van der Waals surface area contributed by atoms with Gasteiger partial charge < -0.3 is 25.0 Å². The van der Waals surface area contributed by atoms with Crippen LogP contribution in [0.5, 0.6) is 11.5 Å². The van der Waals surface area contributed by atoms with E-state index in [2.05, 4.69) is 32.5 Å². The standard InChI is InChI=1S/C23H29ClN6O2/c1-13-17(31-4)9-18(32-5)20(24)19(13)16-8-15-11-27-23(25-2)29-21(15)22(28-16)26-10-14-6-7-30(3)12-14/h8-9,11,14H,6-7,10,12H2,1-5H3,(H,26,28)(H,25,27,29). The first-order valence-corrected chi connectivity index (χ1v) is 11.0. The average Bonchev–Trinajstić information content (AvgIpc) is 3.22. The Labute approximate surface area is 193 Å². The van der Waals surface area contributed by atoms with Crippen LogP contribution in [0.3, 0.4) is 0 Å². The molecule has 0 spiro atoms. The zero-order chi connectivity index (χ0) is 22.8. The first-order valence-electron chi connectivity index (χ1n) is 10.6. The Kier molecular flexibility index (Phi) is 6.53. The summed E-state index contributed by atoms with van der Waals surface area (Å²) in [7, 11) is 7.18. The van der Waals surface area contributed by atoms with E-state index in [0.29, 0.717) is 39.9 Å². The van der Waals surface area contributed by atoms with Gasteiger partial charge in [-0.2, -0.15) is 0 Å². The molecule has 0 amide bonds. The van der Waals surface area contributed by atoms with Crippen molar-refractivity contribution in [2.75, 3.05) is 58.6 Å². The number of anilines is 2. The second-order valence-electron chi connectivity index (χ2n) is 8.13. The molecule has 170 valence electrons. The van der Waals surface area contributed by atoms with Crippen molar-refractivity contribution in [1.29, 1.82) is 0 Å². The molecule has 1 atom stereocenters. The van der Waals surface area contributed by atoms with Crippen LogP contribution in [0.2, 0.25) is 5.02 Å². The Bertz CT molecular complexity index is 1110. The Hall–Kier alpha value is -2.84. The highest BCUT2D eigenvalue weighted by atomic mass is 35.5. The predicted octanol–water partition coefficient (Wildman–Crippen LogP) is 4.08. The van der Waals surface area contributed by atoms with Crippen molar-refractivity contribution in [3.05, 3.63) is 28.9 Å². The highest BCUT2D eigenvalue weighted by Gasteiger charge is 2.22. The molecule has 3 heterocycles. The van der Waals surface area contributed by atoms with E-state index in [0.717, 1.165) is 48.1 Å². The van der Waals surface area contributed by atoms with Crippen molar-refractivity contribution in [2.45, 2.75) is 13.3 Å². The zero-order valence-corrected chi connectivity index (χ0v) is 19.9. The quantitative estimate of drug-likeness (QED) is 0.550. The van der Waals surface area contributed by atoms with Crippen molar-refractivity contribution in [2.24, 2.45) is 5.92 Å². The molecule has 0 aliphatic carbocycles. The van der Waals surface area contributed by atoms with E-state index < -0.39 is 0 Å². The lowest BCUT2D eigenvalue weighted by atomic mass is 10.0. The molecule has 1 fully saturated rings. The van der Waals surface area contributed by atoms with E-state index >= 15 is 0 Å². The van der Waals surface area contributed by atoms with E-state index in [-0.39, 0.29) is 0 Å². The SMILES string of the molecule is CNc1ncc2cc(-c3c(C)c(OC)cc(OC)c3Cl)nc(NCC3CCN(C)C3)c2n1. The summed E-state index contributed by atoms with van der Waals surface area (Å²) in [5.41, 5.74) is 3.14. The van der Waals surface area contributed by atoms with Crippen LogP contribution in [-0.4, -0.2) is 67.8 Å². The summed E-state index contributed by atoms with van der Waals surface area (Å²) < 4.78 is 11.0. The van der Waals surface area contributed by atoms with Crippen LogP contribution in [0.4, 0.5) is 11.8 Å². The molecule has 1 unspecified atom stereocenters. The number of nitrogens with one attached hydrogen (secondary N) is 2. The molecular weight excluding hydrogens is 428 g/mol. The molecule has 32 heavy (non-hydrogen) atoms. The van der Waals surface area contributed by atoms with Gasteiger partial charge in [-0.25, -0.2) is 15.0 Å². The predicted molar refractivity (Wildman–Crippen MR) is 129 cm³/mol. The van der Waals surface area contributed by atoms with Crippen LogP contribution in [0, 0.1) is 12.8 Å². The number of rotatable bonds is 7. The van der Waals surface area contributed by atoms with Gasteiger partial charge >= 0.3 is 0 Å². The molecule has 2 aromatic heterocycles. The minimum atomic E-state index is 0.494. The molecule has 1 aliphatic heterocycles. The van der Waals surface area contributed by atoms with Crippen LogP contribution in [-0.2, 0) is 0 Å². The molecule has 8 nitrogen and oxygen atoms in total. The Morgan fingerprint density at radius 1 is 1.19 bits per heavy atom. The van der Waals surface area contributed by atoms with E-state index in [1.54, 1.807) is 33.5 Å². The van der Waals surface area contributed by atoms with Gasteiger partial charge in [-0.3, -0.25) is 0 Å². The minimum absolute atomic E-state index is 0.494. The summed E-state index contributed by atoms with van der Waals surface area (Å²) in [6.45, 7) is 4.97. The van der Waals surface area contributed by atoms with Crippen LogP contribution in [0.25, 0.3) is 22.2 Å². The normalized spacial score (nSPS) is 16.4. The number of hydrogen-bond donors (Lipinski definition) is 2. The second kappa shape index (κ2) is 9.34. The molecule has 1 saturated heterocycles. The highest BCUT2D eigenvalue weighted by Crippen LogP contribution is 2.43. The number of nitrogens with zero attached hydrogens (tertiary/aromatic N) is 4. The summed E-state index contributed by atoms with van der Waals surface area (Å²) in [6, 6.07) is 3.75. The monoisotopic (exact) mass is 456 g/mol. The molecule has 0 radical (unpaired) electrons. The van der Waals surface area contributed by atoms with Gasteiger partial charge in [0.05, 0.1) is 24.9 Å². The molecule has 1 aromatic carbocycles. The maximum Gasteiger partial charge on any atom is 0.223 e. The van der Waals surface area contributed by atoms with Crippen molar-refractivity contribution in [1.82, 2.24) is 19.9 Å². The molecule has 9 heteroatoms. The number of aromatic nitrogens is 3. The van der Waals surface area contributed by atoms with Crippen molar-refractivity contribution in [3.63, 3.8) is 0 Å². The lowest BCUT2D eigenvalue weighted by molar-refractivity contribution is 0.393. The first-order chi connectivity index (χ1) is 15.4. The van der Waals surface area contributed by atoms with Gasteiger partial charge in [-0.15, -0.1) is 0 Å². The van der Waals surface area contributed by atoms with Gasteiger partial charge in [0.15, 0.2) is 5.82 Å². The summed E-state index contributed by atoms with van der Waals surface area (Å²) in [5.74, 6) is 3.05. The van der Waals surface area contributed by atoms with Gasteiger partial charge in [-0.05, 0) is 38.9 Å². The molecule has 2 N–H and O–H groups in total. The lowest BCUT2D eigenvalue weighted by Crippen LogP contribution is -2.19. The first kappa shape index (κ1) is 22.4. The Morgan fingerprint density at radius 2 is 1.97 bits per heavy atom. The van der Waals surface area contributed by atoms with Crippen LogP contribution in [0.1, 0.15) is 12.0 Å². The van der Waals surface area contributed by atoms with Crippen molar-refractivity contribution >= 4 is 34.3 Å². The lowest BCUT2D eigenvalue weighted by Gasteiger charge is -2.18. The third kappa shape index (κ3) is 4.25. The molecule has 0 saturated carbocycles. The van der Waals surface area contributed by atoms with E-state index in [1.807, 2.05) is 13.0 Å². The Morgan fingerprint density at radius 3 is 2.62 bits per heavy atom. The van der Waals surface area contributed by atoms with Gasteiger partial charge in [0, 0.05) is 48.9 Å². The number of benzene rings is 1. The van der Waals surface area contributed by atoms with Gasteiger partial charge in [0.25, 0.3) is 0 Å². The van der Waals surface area contributed by atoms with Crippen LogP contribution >= 0.6 is 11.6 Å². The van der Waals surface area contributed by atoms with Gasteiger partial charge in [0.2, 0.25) is 5.95 Å². The maximum absolute atomic E-state index is 6.74. The third-order valence-corrected chi connectivity index (χ3v) is 6.35. The maximum atomic E-state index is 6.74. The van der Waals surface area contributed by atoms with Gasteiger partial charge in [-0.1, -0.05) is 11.6 Å². The van der Waals surface area contributed by atoms with E-state index in [1.165, 1.54) is 0 Å². The number of pyridine rings is 1. The van der Waals surface area contributed by atoms with Crippen molar-refractivity contribution < 1.29 is 9.47 Å². The number of ether oxygens (including phenoxy) is 2. The van der Waals surface area contributed by atoms with Gasteiger partial charge in [0.1, 0.15) is 17.0 Å². The number of methoxy groups -OCH3 is 2. The fourth-order valence-electron chi connectivity index (χ4n) is 4.21. The van der Waals surface area contributed by atoms with Crippen molar-refractivity contribution in [3.8, 4) is 22.8 Å². The largest absolute Gasteiger partial charge is 0.496 e. The molecule has 1 aliphatic rings. The summed E-state index contributed by atoms with van der Waals surface area (Å²) in [5, 5.41) is 7.92. The van der Waals surface area contributed by atoms with Crippen LogP contribution < -0.4 is 20.1 Å². The van der Waals surface area contributed by atoms with E-state index in [9.17, 15) is 0 Å². The highest BCUT2D eigenvalue weighted by molar-refractivity contribution is 6.35. The third-order valence-electron chi connectivity index (χ3n) is 5.98. The topological polar surface area (TPSA) is 84.4 Å². The smallest absolute Gasteiger partial charge is 0.223 e. The molecular formula is C23H29ClN6O2.